The molecule has 0 saturated carbocycles. The number of nitrogens with zero attached hydrogens (tertiary/aromatic N) is 6. The number of hydrogen-bond acceptors (Lipinski definition) is 5. The molecule has 0 N–H and O–H groups in total. The minimum Gasteiger partial charge on any atom is -0.270 e. The van der Waals surface area contributed by atoms with Gasteiger partial charge in [0.15, 0.2) is 0 Å². The van der Waals surface area contributed by atoms with Crippen LogP contribution in [0.2, 0.25) is 0 Å². The molecule has 3 aromatic rings. The van der Waals surface area contributed by atoms with E-state index in [1.54, 1.807) is 23.2 Å². The predicted octanol–water partition coefficient (Wildman–Crippen LogP) is 3.88. The van der Waals surface area contributed by atoms with Gasteiger partial charge in [-0.1, -0.05) is 6.58 Å². The van der Waals surface area contributed by atoms with E-state index in [1.165, 1.54) is 23.3 Å². The SMILES string of the molecule is C=C(CCCn1cc2ncc(C#N)cc2n1)C(=O)N1N=CCC1c1cc(F)cc(F)c1. The molecule has 0 bridgehead atoms. The van der Waals surface area contributed by atoms with Crippen LogP contribution in [0.25, 0.3) is 11.0 Å². The quantitative estimate of drug-likeness (QED) is 0.567. The smallest absolute Gasteiger partial charge is 0.269 e. The van der Waals surface area contributed by atoms with Crippen molar-refractivity contribution in [1.82, 2.24) is 19.8 Å². The topological polar surface area (TPSA) is 87.2 Å². The second-order valence-corrected chi connectivity index (χ2v) is 7.24. The van der Waals surface area contributed by atoms with Gasteiger partial charge in [0.1, 0.15) is 28.7 Å². The molecule has 1 aliphatic heterocycles. The Morgan fingerprint density at radius 2 is 2.00 bits per heavy atom. The lowest BCUT2D eigenvalue weighted by Crippen LogP contribution is -2.28. The normalized spacial score (nSPS) is 15.4. The summed E-state index contributed by atoms with van der Waals surface area (Å²) >= 11 is 0. The highest BCUT2D eigenvalue weighted by Gasteiger charge is 2.30. The van der Waals surface area contributed by atoms with Gasteiger partial charge in [-0.2, -0.15) is 15.5 Å². The van der Waals surface area contributed by atoms with Crippen molar-refractivity contribution in [3.63, 3.8) is 0 Å². The highest BCUT2D eigenvalue weighted by molar-refractivity contribution is 5.94. The van der Waals surface area contributed by atoms with Gasteiger partial charge in [-0.3, -0.25) is 14.5 Å². The molecule has 0 fully saturated rings. The molecule has 1 atom stereocenters. The van der Waals surface area contributed by atoms with E-state index >= 15 is 0 Å². The molecule has 1 amide bonds. The number of amides is 1. The van der Waals surface area contributed by atoms with Crippen LogP contribution in [0.5, 0.6) is 0 Å². The summed E-state index contributed by atoms with van der Waals surface area (Å²) in [5, 5.41) is 18.7. The van der Waals surface area contributed by atoms with Crippen LogP contribution in [-0.4, -0.2) is 31.9 Å². The third-order valence-corrected chi connectivity index (χ3v) is 5.01. The first kappa shape index (κ1) is 20.3. The second-order valence-electron chi connectivity index (χ2n) is 7.24. The summed E-state index contributed by atoms with van der Waals surface area (Å²) < 4.78 is 28.9. The van der Waals surface area contributed by atoms with Crippen molar-refractivity contribution in [1.29, 1.82) is 5.26 Å². The van der Waals surface area contributed by atoms with E-state index in [9.17, 15) is 13.6 Å². The Morgan fingerprint density at radius 3 is 2.74 bits per heavy atom. The number of hydrogen-bond donors (Lipinski definition) is 0. The van der Waals surface area contributed by atoms with E-state index in [4.69, 9.17) is 5.26 Å². The highest BCUT2D eigenvalue weighted by Crippen LogP contribution is 2.30. The molecule has 0 spiro atoms. The first-order valence-electron chi connectivity index (χ1n) is 9.67. The molecule has 1 aromatic carbocycles. The lowest BCUT2D eigenvalue weighted by atomic mass is 10.0. The Kier molecular flexibility index (Phi) is 5.54. The molecule has 0 aliphatic carbocycles. The molecule has 0 radical (unpaired) electrons. The van der Waals surface area contributed by atoms with Gasteiger partial charge in [0.2, 0.25) is 0 Å². The van der Waals surface area contributed by atoms with Gasteiger partial charge in [0.05, 0.1) is 17.8 Å². The Balaban J connectivity index is 1.37. The molecule has 9 heteroatoms. The lowest BCUT2D eigenvalue weighted by molar-refractivity contribution is -0.129. The molecule has 156 valence electrons. The number of halogens is 2. The molecule has 4 rings (SSSR count). The number of pyridine rings is 1. The number of carbonyl (C=O) groups is 1. The first-order valence-corrected chi connectivity index (χ1v) is 9.67. The summed E-state index contributed by atoms with van der Waals surface area (Å²) in [4.78, 5) is 17.0. The van der Waals surface area contributed by atoms with Gasteiger partial charge in [-0.05, 0) is 36.6 Å². The predicted molar refractivity (Wildman–Crippen MR) is 110 cm³/mol. The van der Waals surface area contributed by atoms with Crippen molar-refractivity contribution < 1.29 is 13.6 Å². The van der Waals surface area contributed by atoms with Crippen LogP contribution < -0.4 is 0 Å². The minimum atomic E-state index is -0.698. The van der Waals surface area contributed by atoms with E-state index in [0.29, 0.717) is 53.5 Å². The fourth-order valence-electron chi connectivity index (χ4n) is 3.50. The highest BCUT2D eigenvalue weighted by atomic mass is 19.1. The second kappa shape index (κ2) is 8.44. The third-order valence-electron chi connectivity index (χ3n) is 5.01. The van der Waals surface area contributed by atoms with Crippen LogP contribution in [-0.2, 0) is 11.3 Å². The summed E-state index contributed by atoms with van der Waals surface area (Å²) in [7, 11) is 0. The minimum absolute atomic E-state index is 0.350. The van der Waals surface area contributed by atoms with Crippen LogP contribution in [0.4, 0.5) is 8.78 Å². The molecular weight excluding hydrogens is 402 g/mol. The maximum Gasteiger partial charge on any atom is 0.269 e. The van der Waals surface area contributed by atoms with Crippen molar-refractivity contribution in [2.24, 2.45) is 5.10 Å². The van der Waals surface area contributed by atoms with Crippen molar-refractivity contribution >= 4 is 23.2 Å². The standard InChI is InChI=1S/C22H18F2N6O/c1-14(3-2-6-29-13-20-19(28-29)7-15(11-25)12-26-20)22(31)30-21(4-5-27-30)16-8-17(23)10-18(24)9-16/h5,7-10,12-13,21H,1-4,6H2. The number of fused-ring (bicyclic) bond motifs is 1. The Hall–Kier alpha value is -3.93. The van der Waals surface area contributed by atoms with Crippen molar-refractivity contribution in [2.45, 2.75) is 31.8 Å². The van der Waals surface area contributed by atoms with Gasteiger partial charge in [-0.25, -0.2) is 13.8 Å². The molecule has 7 nitrogen and oxygen atoms in total. The van der Waals surface area contributed by atoms with Gasteiger partial charge >= 0.3 is 0 Å². The molecule has 1 unspecified atom stereocenters. The summed E-state index contributed by atoms with van der Waals surface area (Å²) in [6, 6.07) is 6.34. The van der Waals surface area contributed by atoms with Crippen molar-refractivity contribution in [3.05, 3.63) is 71.6 Å². The number of aryl methyl sites for hydroxylation is 1. The fourth-order valence-corrected chi connectivity index (χ4v) is 3.50. The zero-order valence-electron chi connectivity index (χ0n) is 16.5. The van der Waals surface area contributed by atoms with E-state index in [-0.39, 0.29) is 5.91 Å². The summed E-state index contributed by atoms with van der Waals surface area (Å²) in [5.41, 5.74) is 2.46. The van der Waals surface area contributed by atoms with Crippen LogP contribution in [0.1, 0.15) is 36.4 Å². The van der Waals surface area contributed by atoms with Crippen molar-refractivity contribution in [2.75, 3.05) is 0 Å². The van der Waals surface area contributed by atoms with E-state index < -0.39 is 17.7 Å². The number of benzene rings is 1. The van der Waals surface area contributed by atoms with Crippen LogP contribution >= 0.6 is 0 Å². The average Bonchev–Trinajstić information content (AvgIpc) is 3.38. The number of rotatable bonds is 6. The molecule has 1 aliphatic rings. The van der Waals surface area contributed by atoms with Gasteiger partial charge < -0.3 is 0 Å². The molecule has 0 saturated heterocycles. The van der Waals surface area contributed by atoms with Crippen molar-refractivity contribution in [3.8, 4) is 6.07 Å². The number of aromatic nitrogens is 3. The number of hydrazone groups is 1. The molecular formula is C22H18F2N6O. The van der Waals surface area contributed by atoms with Gasteiger partial charge in [0.25, 0.3) is 5.91 Å². The number of nitriles is 1. The Bertz CT molecular complexity index is 1220. The van der Waals surface area contributed by atoms with E-state index in [1.807, 2.05) is 6.07 Å². The fraction of sp³-hybridized carbons (Fsp3) is 0.227. The first-order chi connectivity index (χ1) is 14.9. The maximum absolute atomic E-state index is 13.6. The Labute approximate surface area is 176 Å². The summed E-state index contributed by atoms with van der Waals surface area (Å²) in [5.74, 6) is -1.78. The van der Waals surface area contributed by atoms with Gasteiger partial charge in [-0.15, -0.1) is 0 Å². The third kappa shape index (κ3) is 4.33. The lowest BCUT2D eigenvalue weighted by Gasteiger charge is -2.23. The van der Waals surface area contributed by atoms with E-state index in [0.717, 1.165) is 6.07 Å². The maximum atomic E-state index is 13.6. The van der Waals surface area contributed by atoms with E-state index in [2.05, 4.69) is 21.8 Å². The summed E-state index contributed by atoms with van der Waals surface area (Å²) in [6.07, 6.45) is 6.20. The van der Waals surface area contributed by atoms with Crippen LogP contribution in [0.15, 0.2) is 53.9 Å². The monoisotopic (exact) mass is 420 g/mol. The Morgan fingerprint density at radius 1 is 1.23 bits per heavy atom. The molecule has 2 aromatic heterocycles. The molecule has 3 heterocycles. The average molecular weight is 420 g/mol. The summed E-state index contributed by atoms with van der Waals surface area (Å²) in [6.45, 7) is 4.40. The largest absolute Gasteiger partial charge is 0.270 e. The zero-order chi connectivity index (χ0) is 22.0. The zero-order valence-corrected chi connectivity index (χ0v) is 16.5. The number of carbonyl (C=O) groups excluding carboxylic acids is 1. The molecule has 31 heavy (non-hydrogen) atoms. The van der Waals surface area contributed by atoms with Crippen LogP contribution in [0, 0.1) is 23.0 Å². The van der Waals surface area contributed by atoms with Crippen LogP contribution in [0.3, 0.4) is 0 Å². The van der Waals surface area contributed by atoms with Gasteiger partial charge in [0, 0.05) is 37.0 Å².